The van der Waals surface area contributed by atoms with Crippen molar-refractivity contribution in [2.45, 2.75) is 6.54 Å². The maximum atomic E-state index is 6.09. The van der Waals surface area contributed by atoms with E-state index in [4.69, 9.17) is 16.3 Å². The fourth-order valence-electron chi connectivity index (χ4n) is 2.04. The van der Waals surface area contributed by atoms with Gasteiger partial charge in [0.2, 0.25) is 5.88 Å². The minimum atomic E-state index is 0.502. The topological polar surface area (TPSA) is 47.0 Å². The Morgan fingerprint density at radius 1 is 1.19 bits per heavy atom. The van der Waals surface area contributed by atoms with Gasteiger partial charge >= 0.3 is 0 Å². The molecule has 0 radical (unpaired) electrons. The zero-order chi connectivity index (χ0) is 14.7. The van der Waals surface area contributed by atoms with E-state index in [0.29, 0.717) is 23.2 Å². The molecular formula is C16H14ClN3O. The Morgan fingerprint density at radius 3 is 2.90 bits per heavy atom. The highest BCUT2D eigenvalue weighted by Gasteiger charge is 2.06. The predicted octanol–water partition coefficient (Wildman–Crippen LogP) is 3.79. The van der Waals surface area contributed by atoms with E-state index in [1.165, 1.54) is 0 Å². The summed E-state index contributed by atoms with van der Waals surface area (Å²) in [5.41, 5.74) is 1.69. The first-order chi connectivity index (χ1) is 10.3. The average molecular weight is 300 g/mol. The van der Waals surface area contributed by atoms with Crippen LogP contribution >= 0.6 is 11.6 Å². The van der Waals surface area contributed by atoms with Crippen LogP contribution in [0, 0.1) is 0 Å². The molecule has 0 fully saturated rings. The molecule has 106 valence electrons. The molecule has 0 atom stereocenters. The number of hydrogen-bond donors (Lipinski definition) is 1. The van der Waals surface area contributed by atoms with Gasteiger partial charge in [-0.2, -0.15) is 0 Å². The van der Waals surface area contributed by atoms with Gasteiger partial charge in [0.05, 0.1) is 22.4 Å². The standard InChI is InChI=1S/C16H14ClN3O/c1-18-10-15-13(17)6-7-16(20-15)21-12-8-11-4-2-3-5-14(11)19-9-12/h2-9,18H,10H2,1H3. The molecule has 0 aliphatic carbocycles. The second-order valence-electron chi connectivity index (χ2n) is 4.57. The number of fused-ring (bicyclic) bond motifs is 1. The highest BCUT2D eigenvalue weighted by atomic mass is 35.5. The van der Waals surface area contributed by atoms with E-state index in [2.05, 4.69) is 15.3 Å². The lowest BCUT2D eigenvalue weighted by Gasteiger charge is -2.08. The van der Waals surface area contributed by atoms with Crippen molar-refractivity contribution in [2.75, 3.05) is 7.05 Å². The Hall–Kier alpha value is -2.17. The van der Waals surface area contributed by atoms with Gasteiger partial charge in [-0.1, -0.05) is 29.8 Å². The lowest BCUT2D eigenvalue weighted by molar-refractivity contribution is 0.459. The summed E-state index contributed by atoms with van der Waals surface area (Å²) in [6.45, 7) is 0.589. The van der Waals surface area contributed by atoms with Gasteiger partial charge < -0.3 is 10.1 Å². The second-order valence-corrected chi connectivity index (χ2v) is 4.98. The van der Waals surface area contributed by atoms with E-state index >= 15 is 0 Å². The van der Waals surface area contributed by atoms with E-state index in [-0.39, 0.29) is 0 Å². The van der Waals surface area contributed by atoms with Crippen molar-refractivity contribution in [3.63, 3.8) is 0 Å². The monoisotopic (exact) mass is 299 g/mol. The van der Waals surface area contributed by atoms with E-state index in [1.54, 1.807) is 18.3 Å². The third-order valence-electron chi connectivity index (χ3n) is 3.03. The van der Waals surface area contributed by atoms with Crippen LogP contribution in [0.15, 0.2) is 48.7 Å². The van der Waals surface area contributed by atoms with Crippen LogP contribution in [0.5, 0.6) is 11.6 Å². The first kappa shape index (κ1) is 13.8. The van der Waals surface area contributed by atoms with Gasteiger partial charge in [-0.05, 0) is 25.2 Å². The Kier molecular flexibility index (Phi) is 3.99. The third-order valence-corrected chi connectivity index (χ3v) is 3.37. The lowest BCUT2D eigenvalue weighted by atomic mass is 10.2. The van der Waals surface area contributed by atoms with Crippen LogP contribution in [0.2, 0.25) is 5.02 Å². The number of ether oxygens (including phenoxy) is 1. The van der Waals surface area contributed by atoms with Crippen molar-refractivity contribution in [1.82, 2.24) is 15.3 Å². The summed E-state index contributed by atoms with van der Waals surface area (Å²) in [5, 5.41) is 4.67. The highest BCUT2D eigenvalue weighted by molar-refractivity contribution is 6.31. The van der Waals surface area contributed by atoms with Gasteiger partial charge in [0.25, 0.3) is 0 Å². The van der Waals surface area contributed by atoms with E-state index < -0.39 is 0 Å². The third kappa shape index (κ3) is 3.12. The van der Waals surface area contributed by atoms with Crippen LogP contribution in [0.3, 0.4) is 0 Å². The molecule has 0 amide bonds. The quantitative estimate of drug-likeness (QED) is 0.796. The summed E-state index contributed by atoms with van der Waals surface area (Å²) in [7, 11) is 1.85. The molecule has 21 heavy (non-hydrogen) atoms. The van der Waals surface area contributed by atoms with Gasteiger partial charge in [0, 0.05) is 18.0 Å². The molecule has 2 heterocycles. The van der Waals surface area contributed by atoms with Gasteiger partial charge in [0.1, 0.15) is 5.75 Å². The average Bonchev–Trinajstić information content (AvgIpc) is 2.51. The molecule has 1 aromatic carbocycles. The first-order valence-electron chi connectivity index (χ1n) is 6.59. The summed E-state index contributed by atoms with van der Waals surface area (Å²) >= 11 is 6.09. The number of pyridine rings is 2. The maximum Gasteiger partial charge on any atom is 0.219 e. The molecule has 3 aromatic rings. The van der Waals surface area contributed by atoms with Crippen LogP contribution in [0.25, 0.3) is 10.9 Å². The number of para-hydroxylation sites is 1. The van der Waals surface area contributed by atoms with Gasteiger partial charge in [-0.3, -0.25) is 4.98 Å². The van der Waals surface area contributed by atoms with Crippen molar-refractivity contribution in [2.24, 2.45) is 0 Å². The SMILES string of the molecule is CNCc1nc(Oc2cnc3ccccc3c2)ccc1Cl. The molecule has 0 bridgehead atoms. The van der Waals surface area contributed by atoms with Crippen LogP contribution in [-0.4, -0.2) is 17.0 Å². The molecular weight excluding hydrogens is 286 g/mol. The molecule has 0 spiro atoms. The smallest absolute Gasteiger partial charge is 0.219 e. The van der Waals surface area contributed by atoms with Crippen molar-refractivity contribution in [1.29, 1.82) is 0 Å². The minimum absolute atomic E-state index is 0.502. The largest absolute Gasteiger partial charge is 0.437 e. The molecule has 0 aliphatic heterocycles. The predicted molar refractivity (Wildman–Crippen MR) is 83.8 cm³/mol. The fraction of sp³-hybridized carbons (Fsp3) is 0.125. The van der Waals surface area contributed by atoms with Crippen molar-refractivity contribution >= 4 is 22.5 Å². The number of benzene rings is 1. The van der Waals surface area contributed by atoms with Crippen molar-refractivity contribution < 1.29 is 4.74 Å². The second kappa shape index (κ2) is 6.08. The summed E-state index contributed by atoms with van der Waals surface area (Å²) in [6.07, 6.45) is 1.69. The Balaban J connectivity index is 1.89. The molecule has 2 aromatic heterocycles. The zero-order valence-electron chi connectivity index (χ0n) is 11.5. The molecule has 0 saturated carbocycles. The Labute approximate surface area is 127 Å². The number of nitrogens with one attached hydrogen (secondary N) is 1. The van der Waals surface area contributed by atoms with Crippen molar-refractivity contribution in [3.05, 3.63) is 59.4 Å². The van der Waals surface area contributed by atoms with Crippen LogP contribution in [0.4, 0.5) is 0 Å². The summed E-state index contributed by atoms with van der Waals surface area (Å²) < 4.78 is 5.77. The fourth-order valence-corrected chi connectivity index (χ4v) is 2.21. The summed E-state index contributed by atoms with van der Waals surface area (Å²) in [5.74, 6) is 1.15. The molecule has 0 saturated heterocycles. The zero-order valence-corrected chi connectivity index (χ0v) is 12.3. The van der Waals surface area contributed by atoms with E-state index in [0.717, 1.165) is 16.6 Å². The van der Waals surface area contributed by atoms with Gasteiger partial charge in [-0.25, -0.2) is 4.98 Å². The number of hydrogen-bond acceptors (Lipinski definition) is 4. The van der Waals surface area contributed by atoms with Gasteiger partial charge in [0.15, 0.2) is 0 Å². The van der Waals surface area contributed by atoms with E-state index in [9.17, 15) is 0 Å². The number of halogens is 1. The number of aromatic nitrogens is 2. The lowest BCUT2D eigenvalue weighted by Crippen LogP contribution is -2.07. The molecule has 5 heteroatoms. The van der Waals surface area contributed by atoms with E-state index in [1.807, 2.05) is 37.4 Å². The number of nitrogens with zero attached hydrogens (tertiary/aromatic N) is 2. The first-order valence-corrected chi connectivity index (χ1v) is 6.97. The molecule has 1 N–H and O–H groups in total. The Bertz CT molecular complexity index is 776. The summed E-state index contributed by atoms with van der Waals surface area (Å²) in [6, 6.07) is 13.4. The minimum Gasteiger partial charge on any atom is -0.437 e. The van der Waals surface area contributed by atoms with Crippen LogP contribution in [-0.2, 0) is 6.54 Å². The number of rotatable bonds is 4. The van der Waals surface area contributed by atoms with Crippen LogP contribution in [0.1, 0.15) is 5.69 Å². The molecule has 3 rings (SSSR count). The molecule has 0 unspecified atom stereocenters. The highest BCUT2D eigenvalue weighted by Crippen LogP contribution is 2.25. The molecule has 4 nitrogen and oxygen atoms in total. The maximum absolute atomic E-state index is 6.09. The van der Waals surface area contributed by atoms with Crippen LogP contribution < -0.4 is 10.1 Å². The van der Waals surface area contributed by atoms with Gasteiger partial charge in [-0.15, -0.1) is 0 Å². The summed E-state index contributed by atoms with van der Waals surface area (Å²) in [4.78, 5) is 8.76. The Morgan fingerprint density at radius 2 is 2.05 bits per heavy atom. The normalized spacial score (nSPS) is 10.8. The molecule has 0 aliphatic rings. The van der Waals surface area contributed by atoms with Crippen molar-refractivity contribution in [3.8, 4) is 11.6 Å².